The molecule has 1 aromatic rings. The van der Waals surface area contributed by atoms with E-state index < -0.39 is 24.0 Å². The number of benzene rings is 1. The van der Waals surface area contributed by atoms with Crippen LogP contribution < -0.4 is 11.1 Å². The van der Waals surface area contributed by atoms with Crippen molar-refractivity contribution in [3.8, 4) is 5.75 Å². The molecule has 1 rings (SSSR count). The van der Waals surface area contributed by atoms with Crippen molar-refractivity contribution in [1.29, 1.82) is 0 Å². The number of nitrogens with one attached hydrogen (secondary N) is 1. The molecule has 0 heterocycles. The molecule has 1 aromatic carbocycles. The van der Waals surface area contributed by atoms with Crippen molar-refractivity contribution in [2.24, 2.45) is 11.7 Å². The first-order valence-corrected chi connectivity index (χ1v) is 7.20. The zero-order valence-corrected chi connectivity index (χ0v) is 13.4. The number of carbonyl (C=O) groups excluding carboxylic acids is 2. The summed E-state index contributed by atoms with van der Waals surface area (Å²) in [5.41, 5.74) is 6.61. The van der Waals surface area contributed by atoms with Gasteiger partial charge in [0.15, 0.2) is 0 Å². The molecule has 4 N–H and O–H groups in total. The van der Waals surface area contributed by atoms with Crippen LogP contribution in [0.2, 0.25) is 0 Å². The molecule has 6 heteroatoms. The third kappa shape index (κ3) is 4.46. The Labute approximate surface area is 130 Å². The van der Waals surface area contributed by atoms with Crippen LogP contribution in [0.4, 0.5) is 0 Å². The molecular weight excluding hydrogens is 284 g/mol. The van der Waals surface area contributed by atoms with E-state index in [2.05, 4.69) is 5.32 Å². The smallest absolute Gasteiger partial charge is 0.328 e. The fourth-order valence-electron chi connectivity index (χ4n) is 2.04. The maximum atomic E-state index is 12.1. The molecule has 0 aliphatic carbocycles. The molecule has 3 atom stereocenters. The number of methoxy groups -OCH3 is 1. The zero-order chi connectivity index (χ0) is 16.9. The van der Waals surface area contributed by atoms with Crippen molar-refractivity contribution in [2.75, 3.05) is 7.11 Å². The minimum absolute atomic E-state index is 0.0396. The Balaban J connectivity index is 2.95. The van der Waals surface area contributed by atoms with Crippen LogP contribution in [-0.2, 0) is 14.3 Å². The number of amides is 1. The van der Waals surface area contributed by atoms with E-state index in [4.69, 9.17) is 10.5 Å². The lowest BCUT2D eigenvalue weighted by atomic mass is 9.92. The number of rotatable bonds is 6. The summed E-state index contributed by atoms with van der Waals surface area (Å²) in [4.78, 5) is 24.1. The van der Waals surface area contributed by atoms with Crippen LogP contribution in [-0.4, -0.2) is 36.2 Å². The number of phenols is 1. The van der Waals surface area contributed by atoms with Gasteiger partial charge in [0.05, 0.1) is 13.2 Å². The summed E-state index contributed by atoms with van der Waals surface area (Å²) in [6.45, 7) is 5.47. The summed E-state index contributed by atoms with van der Waals surface area (Å²) in [5, 5.41) is 12.0. The van der Waals surface area contributed by atoms with Gasteiger partial charge in [0.25, 0.3) is 0 Å². The van der Waals surface area contributed by atoms with Gasteiger partial charge in [-0.2, -0.15) is 0 Å². The molecule has 122 valence electrons. The highest BCUT2D eigenvalue weighted by molar-refractivity contribution is 5.88. The molecule has 1 amide bonds. The monoisotopic (exact) mass is 308 g/mol. The number of nitrogens with two attached hydrogens (primary N) is 1. The molecule has 6 nitrogen and oxygen atoms in total. The summed E-state index contributed by atoms with van der Waals surface area (Å²) in [5.74, 6) is -1.16. The Kier molecular flexibility index (Phi) is 6.37. The second kappa shape index (κ2) is 7.79. The van der Waals surface area contributed by atoms with E-state index in [1.165, 1.54) is 19.2 Å². The highest BCUT2D eigenvalue weighted by Gasteiger charge is 2.31. The third-order valence-electron chi connectivity index (χ3n) is 3.69. The van der Waals surface area contributed by atoms with Gasteiger partial charge >= 0.3 is 5.97 Å². The fraction of sp³-hybridized carbons (Fsp3) is 0.500. The fourth-order valence-corrected chi connectivity index (χ4v) is 2.04. The second-order valence-electron chi connectivity index (χ2n) is 5.66. The van der Waals surface area contributed by atoms with Gasteiger partial charge < -0.3 is 20.9 Å². The summed E-state index contributed by atoms with van der Waals surface area (Å²) >= 11 is 0. The van der Waals surface area contributed by atoms with E-state index in [-0.39, 0.29) is 17.6 Å². The van der Waals surface area contributed by atoms with Crippen molar-refractivity contribution in [3.63, 3.8) is 0 Å². The van der Waals surface area contributed by atoms with Gasteiger partial charge in [-0.3, -0.25) is 4.79 Å². The van der Waals surface area contributed by atoms with Crippen LogP contribution in [0.1, 0.15) is 32.3 Å². The number of esters is 1. The summed E-state index contributed by atoms with van der Waals surface area (Å²) in [6.07, 6.45) is 0. The van der Waals surface area contributed by atoms with E-state index in [1.54, 1.807) is 19.1 Å². The van der Waals surface area contributed by atoms with E-state index in [1.807, 2.05) is 13.8 Å². The van der Waals surface area contributed by atoms with Crippen molar-refractivity contribution < 1.29 is 19.4 Å². The van der Waals surface area contributed by atoms with Gasteiger partial charge in [-0.1, -0.05) is 32.9 Å². The summed E-state index contributed by atoms with van der Waals surface area (Å²) < 4.78 is 4.78. The Morgan fingerprint density at radius 1 is 1.18 bits per heavy atom. The molecule has 0 bridgehead atoms. The SMILES string of the molecule is COC(=O)[C@H](NC(=O)[C@H](N)C(C)C)[C@@H](C)c1ccc(O)cc1. The molecule has 0 unspecified atom stereocenters. The van der Waals surface area contributed by atoms with E-state index in [9.17, 15) is 14.7 Å². The number of hydrogen-bond donors (Lipinski definition) is 3. The molecule has 0 aliphatic rings. The quantitative estimate of drug-likeness (QED) is 0.684. The molecule has 0 radical (unpaired) electrons. The average molecular weight is 308 g/mol. The van der Waals surface area contributed by atoms with Gasteiger partial charge in [-0.25, -0.2) is 4.79 Å². The predicted octanol–water partition coefficient (Wildman–Crippen LogP) is 1.14. The minimum Gasteiger partial charge on any atom is -0.508 e. The molecule has 0 aliphatic heterocycles. The average Bonchev–Trinajstić information content (AvgIpc) is 2.50. The zero-order valence-electron chi connectivity index (χ0n) is 13.4. The van der Waals surface area contributed by atoms with Crippen molar-refractivity contribution in [2.45, 2.75) is 38.8 Å². The number of phenolic OH excluding ortho intramolecular Hbond substituents is 1. The van der Waals surface area contributed by atoms with Gasteiger partial charge in [0.1, 0.15) is 11.8 Å². The maximum absolute atomic E-state index is 12.1. The minimum atomic E-state index is -0.841. The third-order valence-corrected chi connectivity index (χ3v) is 3.69. The molecular formula is C16H24N2O4. The Bertz CT molecular complexity index is 513. The molecule has 0 aromatic heterocycles. The Morgan fingerprint density at radius 3 is 2.18 bits per heavy atom. The highest BCUT2D eigenvalue weighted by atomic mass is 16.5. The van der Waals surface area contributed by atoms with E-state index >= 15 is 0 Å². The predicted molar refractivity (Wildman–Crippen MR) is 83.3 cm³/mol. The largest absolute Gasteiger partial charge is 0.508 e. The number of ether oxygens (including phenoxy) is 1. The maximum Gasteiger partial charge on any atom is 0.328 e. The van der Waals surface area contributed by atoms with Crippen molar-refractivity contribution in [1.82, 2.24) is 5.32 Å². The highest BCUT2D eigenvalue weighted by Crippen LogP contribution is 2.22. The summed E-state index contributed by atoms with van der Waals surface area (Å²) in [7, 11) is 1.27. The number of hydrogen-bond acceptors (Lipinski definition) is 5. The van der Waals surface area contributed by atoms with Crippen LogP contribution in [0.15, 0.2) is 24.3 Å². The van der Waals surface area contributed by atoms with Gasteiger partial charge in [-0.15, -0.1) is 0 Å². The molecule has 0 fully saturated rings. The Morgan fingerprint density at radius 2 is 1.73 bits per heavy atom. The van der Waals surface area contributed by atoms with E-state index in [0.717, 1.165) is 5.56 Å². The van der Waals surface area contributed by atoms with Gasteiger partial charge in [0.2, 0.25) is 5.91 Å². The molecule has 22 heavy (non-hydrogen) atoms. The number of carbonyl (C=O) groups is 2. The molecule has 0 saturated heterocycles. The van der Waals surface area contributed by atoms with Crippen LogP contribution in [0.5, 0.6) is 5.75 Å². The van der Waals surface area contributed by atoms with Gasteiger partial charge in [0, 0.05) is 5.92 Å². The van der Waals surface area contributed by atoms with Crippen LogP contribution in [0.3, 0.4) is 0 Å². The summed E-state index contributed by atoms with van der Waals surface area (Å²) in [6, 6.07) is 4.92. The van der Waals surface area contributed by atoms with Crippen LogP contribution >= 0.6 is 0 Å². The first-order valence-electron chi connectivity index (χ1n) is 7.20. The van der Waals surface area contributed by atoms with E-state index in [0.29, 0.717) is 0 Å². The number of aromatic hydroxyl groups is 1. The first kappa shape index (κ1) is 18.0. The standard InChI is InChI=1S/C16H24N2O4/c1-9(2)13(17)15(20)18-14(16(21)22-4)10(3)11-5-7-12(19)8-6-11/h5-10,13-14,19H,17H2,1-4H3,(H,18,20)/t10-,13+,14+/m0/s1. The lowest BCUT2D eigenvalue weighted by molar-refractivity contribution is -0.146. The second-order valence-corrected chi connectivity index (χ2v) is 5.66. The van der Waals surface area contributed by atoms with Gasteiger partial charge in [-0.05, 0) is 23.6 Å². The van der Waals surface area contributed by atoms with Crippen LogP contribution in [0.25, 0.3) is 0 Å². The van der Waals surface area contributed by atoms with Crippen molar-refractivity contribution in [3.05, 3.63) is 29.8 Å². The normalized spacial score (nSPS) is 15.0. The molecule has 0 saturated carbocycles. The lowest BCUT2D eigenvalue weighted by Crippen LogP contribution is -2.52. The molecule has 0 spiro atoms. The van der Waals surface area contributed by atoms with Crippen LogP contribution in [0, 0.1) is 5.92 Å². The lowest BCUT2D eigenvalue weighted by Gasteiger charge is -2.25. The van der Waals surface area contributed by atoms with Crippen molar-refractivity contribution >= 4 is 11.9 Å². The first-order chi connectivity index (χ1) is 10.3. The Hall–Kier alpha value is -2.08. The topological polar surface area (TPSA) is 102 Å².